The Labute approximate surface area is 155 Å². The summed E-state index contributed by atoms with van der Waals surface area (Å²) in [7, 11) is -3.65. The number of pyridine rings is 1. The second-order valence-corrected chi connectivity index (χ2v) is 7.98. The van der Waals surface area contributed by atoms with Crippen LogP contribution in [0.4, 0.5) is 0 Å². The van der Waals surface area contributed by atoms with Gasteiger partial charge in [-0.25, -0.2) is 13.1 Å². The smallest absolute Gasteiger partial charge is 0.267 e. The summed E-state index contributed by atoms with van der Waals surface area (Å²) < 4.78 is 26.9. The van der Waals surface area contributed by atoms with Gasteiger partial charge < -0.3 is 0 Å². The third-order valence-electron chi connectivity index (χ3n) is 4.24. The first-order valence-corrected chi connectivity index (χ1v) is 9.73. The fourth-order valence-electron chi connectivity index (χ4n) is 2.85. The molecule has 0 aliphatic carbocycles. The van der Waals surface area contributed by atoms with Gasteiger partial charge in [0.25, 0.3) is 5.56 Å². The van der Waals surface area contributed by atoms with E-state index >= 15 is 0 Å². The molecule has 0 saturated heterocycles. The van der Waals surface area contributed by atoms with Gasteiger partial charge in [-0.2, -0.15) is 5.10 Å². The zero-order valence-electron chi connectivity index (χ0n) is 14.2. The highest BCUT2D eigenvalue weighted by molar-refractivity contribution is 7.91. The predicted molar refractivity (Wildman–Crippen MR) is 101 cm³/mol. The topological polar surface area (TPSA) is 81.9 Å². The molecule has 4 aromatic rings. The van der Waals surface area contributed by atoms with E-state index in [1.807, 2.05) is 6.07 Å². The third-order valence-corrected chi connectivity index (χ3v) is 6.01. The van der Waals surface area contributed by atoms with E-state index < -0.39 is 9.84 Å². The lowest BCUT2D eigenvalue weighted by atomic mass is 10.2. The van der Waals surface area contributed by atoms with E-state index in [0.29, 0.717) is 17.3 Å². The molecule has 2 heterocycles. The van der Waals surface area contributed by atoms with Crippen molar-refractivity contribution < 1.29 is 8.42 Å². The van der Waals surface area contributed by atoms with Crippen molar-refractivity contribution in [1.82, 2.24) is 14.8 Å². The number of hydrogen-bond acceptors (Lipinski definition) is 5. The summed E-state index contributed by atoms with van der Waals surface area (Å²) in [5, 5.41) is 5.08. The van der Waals surface area contributed by atoms with Crippen molar-refractivity contribution in [2.24, 2.45) is 0 Å². The fraction of sp³-hybridized carbons (Fsp3) is 0.0500. The van der Waals surface area contributed by atoms with Gasteiger partial charge in [0.1, 0.15) is 0 Å². The monoisotopic (exact) mass is 377 g/mol. The lowest BCUT2D eigenvalue weighted by molar-refractivity contribution is 0.596. The van der Waals surface area contributed by atoms with Crippen molar-refractivity contribution in [3.05, 3.63) is 95.2 Å². The molecule has 0 unspecified atom stereocenters. The summed E-state index contributed by atoms with van der Waals surface area (Å²) in [6.45, 7) is 0.298. The Balaban J connectivity index is 1.77. The van der Waals surface area contributed by atoms with Crippen molar-refractivity contribution in [2.75, 3.05) is 0 Å². The first-order chi connectivity index (χ1) is 13.1. The van der Waals surface area contributed by atoms with E-state index in [0.717, 1.165) is 5.56 Å². The number of sulfone groups is 1. The van der Waals surface area contributed by atoms with E-state index in [4.69, 9.17) is 0 Å². The Hall–Kier alpha value is -3.32. The normalized spacial score (nSPS) is 11.6. The Kier molecular flexibility index (Phi) is 4.29. The first kappa shape index (κ1) is 17.1. The van der Waals surface area contributed by atoms with Crippen LogP contribution in [0.2, 0.25) is 0 Å². The standard InChI is InChI=1S/C20H15N3O3S/c24-20-19-9-8-18(27(25,26)17-6-2-1-3-7-17)11-16(19)13-22-23(20)14-15-5-4-10-21-12-15/h1-13H,14H2. The quantitative estimate of drug-likeness (QED) is 0.546. The van der Waals surface area contributed by atoms with Crippen LogP contribution in [0.15, 0.2) is 93.8 Å². The number of aromatic nitrogens is 3. The van der Waals surface area contributed by atoms with Crippen LogP contribution in [-0.2, 0) is 16.4 Å². The molecule has 0 spiro atoms. The van der Waals surface area contributed by atoms with Crippen LogP contribution >= 0.6 is 0 Å². The third kappa shape index (κ3) is 3.24. The van der Waals surface area contributed by atoms with E-state index in [1.165, 1.54) is 29.1 Å². The van der Waals surface area contributed by atoms with Crippen molar-refractivity contribution in [1.29, 1.82) is 0 Å². The summed E-state index contributed by atoms with van der Waals surface area (Å²) >= 11 is 0. The van der Waals surface area contributed by atoms with Gasteiger partial charge >= 0.3 is 0 Å². The lowest BCUT2D eigenvalue weighted by Gasteiger charge is -2.08. The highest BCUT2D eigenvalue weighted by Crippen LogP contribution is 2.23. The number of fused-ring (bicyclic) bond motifs is 1. The van der Waals surface area contributed by atoms with Crippen LogP contribution in [0.5, 0.6) is 0 Å². The molecular formula is C20H15N3O3S. The zero-order chi connectivity index (χ0) is 18.9. The molecule has 2 aromatic carbocycles. The van der Waals surface area contributed by atoms with Crippen molar-refractivity contribution in [3.8, 4) is 0 Å². The number of nitrogens with zero attached hydrogens (tertiary/aromatic N) is 3. The van der Waals surface area contributed by atoms with E-state index in [-0.39, 0.29) is 15.4 Å². The first-order valence-electron chi connectivity index (χ1n) is 8.25. The molecule has 0 N–H and O–H groups in total. The molecule has 0 amide bonds. The van der Waals surface area contributed by atoms with Crippen LogP contribution < -0.4 is 5.56 Å². The minimum atomic E-state index is -3.65. The van der Waals surface area contributed by atoms with Gasteiger partial charge in [0, 0.05) is 17.8 Å². The van der Waals surface area contributed by atoms with E-state index in [2.05, 4.69) is 10.1 Å². The maximum Gasteiger partial charge on any atom is 0.274 e. The summed E-state index contributed by atoms with van der Waals surface area (Å²) in [6.07, 6.45) is 4.85. The minimum Gasteiger partial charge on any atom is -0.267 e. The van der Waals surface area contributed by atoms with Crippen molar-refractivity contribution in [3.63, 3.8) is 0 Å². The molecule has 0 fully saturated rings. The second-order valence-electron chi connectivity index (χ2n) is 6.03. The van der Waals surface area contributed by atoms with Crippen molar-refractivity contribution in [2.45, 2.75) is 16.3 Å². The van der Waals surface area contributed by atoms with Crippen LogP contribution in [0.1, 0.15) is 5.56 Å². The molecule has 6 nitrogen and oxygen atoms in total. The number of hydrogen-bond donors (Lipinski definition) is 0. The van der Waals surface area contributed by atoms with Crippen molar-refractivity contribution >= 4 is 20.6 Å². The summed E-state index contributed by atoms with van der Waals surface area (Å²) in [4.78, 5) is 17.1. The molecule has 0 aliphatic rings. The van der Waals surface area contributed by atoms with Gasteiger partial charge in [-0.1, -0.05) is 24.3 Å². The Bertz CT molecular complexity index is 1270. The highest BCUT2D eigenvalue weighted by Gasteiger charge is 2.18. The number of benzene rings is 2. The average Bonchev–Trinajstić information content (AvgIpc) is 2.71. The molecule has 0 radical (unpaired) electrons. The van der Waals surface area contributed by atoms with Crippen LogP contribution in [0, 0.1) is 0 Å². The molecular weight excluding hydrogens is 362 g/mol. The summed E-state index contributed by atoms with van der Waals surface area (Å²) in [5.74, 6) is 0. The van der Waals surface area contributed by atoms with Gasteiger partial charge in [-0.05, 0) is 42.0 Å². The zero-order valence-corrected chi connectivity index (χ0v) is 15.0. The molecule has 0 aliphatic heterocycles. The predicted octanol–water partition coefficient (Wildman–Crippen LogP) is 2.67. The largest absolute Gasteiger partial charge is 0.274 e. The average molecular weight is 377 g/mol. The number of rotatable bonds is 4. The molecule has 0 saturated carbocycles. The second kappa shape index (κ2) is 6.77. The van der Waals surface area contributed by atoms with Gasteiger partial charge in [-0.15, -0.1) is 0 Å². The maximum atomic E-state index is 12.8. The van der Waals surface area contributed by atoms with Gasteiger partial charge in [0.2, 0.25) is 9.84 Å². The SMILES string of the molecule is O=c1c2ccc(S(=O)(=O)c3ccccc3)cc2cnn1Cc1cccnc1. The molecule has 134 valence electrons. The molecule has 27 heavy (non-hydrogen) atoms. The lowest BCUT2D eigenvalue weighted by Crippen LogP contribution is -2.23. The molecule has 4 rings (SSSR count). The van der Waals surface area contributed by atoms with Gasteiger partial charge in [0.05, 0.1) is 27.9 Å². The van der Waals surface area contributed by atoms with Crippen LogP contribution in [0.3, 0.4) is 0 Å². The van der Waals surface area contributed by atoms with E-state index in [9.17, 15) is 13.2 Å². The fourth-order valence-corrected chi connectivity index (χ4v) is 4.16. The summed E-state index contributed by atoms with van der Waals surface area (Å²) in [6, 6.07) is 16.3. The van der Waals surface area contributed by atoms with Gasteiger partial charge in [0.15, 0.2) is 0 Å². The minimum absolute atomic E-state index is 0.132. The van der Waals surface area contributed by atoms with Crippen LogP contribution in [-0.4, -0.2) is 23.2 Å². The highest BCUT2D eigenvalue weighted by atomic mass is 32.2. The Morgan fingerprint density at radius 1 is 0.889 bits per heavy atom. The molecule has 7 heteroatoms. The maximum absolute atomic E-state index is 12.8. The van der Waals surface area contributed by atoms with Gasteiger partial charge in [-0.3, -0.25) is 9.78 Å². The van der Waals surface area contributed by atoms with E-state index in [1.54, 1.807) is 48.8 Å². The Morgan fingerprint density at radius 3 is 2.44 bits per heavy atom. The Morgan fingerprint density at radius 2 is 1.70 bits per heavy atom. The van der Waals surface area contributed by atoms with Crippen LogP contribution in [0.25, 0.3) is 10.8 Å². The molecule has 2 aromatic heterocycles. The molecule has 0 atom stereocenters. The summed E-state index contributed by atoms with van der Waals surface area (Å²) in [5.41, 5.74) is 0.578. The molecule has 0 bridgehead atoms.